The van der Waals surface area contributed by atoms with Crippen LogP contribution in [0.1, 0.15) is 19.3 Å². The summed E-state index contributed by atoms with van der Waals surface area (Å²) in [4.78, 5) is 40.7. The molecule has 4 amide bonds. The summed E-state index contributed by atoms with van der Waals surface area (Å²) in [6.07, 6.45) is 2.16. The van der Waals surface area contributed by atoms with Gasteiger partial charge in [0, 0.05) is 32.9 Å². The molecule has 2 aliphatic rings. The van der Waals surface area contributed by atoms with E-state index >= 15 is 0 Å². The van der Waals surface area contributed by atoms with Crippen LogP contribution < -0.4 is 10.1 Å². The van der Waals surface area contributed by atoms with Gasteiger partial charge in [-0.2, -0.15) is 0 Å². The van der Waals surface area contributed by atoms with Gasteiger partial charge in [-0.25, -0.2) is 4.79 Å². The molecule has 0 saturated carbocycles. The van der Waals surface area contributed by atoms with E-state index < -0.39 is 12.1 Å². The third-order valence-electron chi connectivity index (χ3n) is 5.16. The summed E-state index contributed by atoms with van der Waals surface area (Å²) in [6, 6.07) is 6.07. The fourth-order valence-electron chi connectivity index (χ4n) is 3.38. The number of imide groups is 1. The number of nitrogens with zero attached hydrogens (tertiary/aromatic N) is 3. The fourth-order valence-corrected chi connectivity index (χ4v) is 3.38. The van der Waals surface area contributed by atoms with Gasteiger partial charge in [-0.3, -0.25) is 14.5 Å². The molecule has 1 atom stereocenters. The first-order valence-corrected chi connectivity index (χ1v) is 9.14. The van der Waals surface area contributed by atoms with Gasteiger partial charge >= 0.3 is 6.03 Å². The van der Waals surface area contributed by atoms with Crippen LogP contribution in [0.25, 0.3) is 0 Å². The lowest BCUT2D eigenvalue weighted by Crippen LogP contribution is -2.35. The highest BCUT2D eigenvalue weighted by Crippen LogP contribution is 2.22. The van der Waals surface area contributed by atoms with Crippen molar-refractivity contribution in [3.63, 3.8) is 0 Å². The number of urea groups is 1. The Morgan fingerprint density at radius 1 is 1.11 bits per heavy atom. The Labute approximate surface area is 159 Å². The van der Waals surface area contributed by atoms with Crippen molar-refractivity contribution in [1.82, 2.24) is 14.7 Å². The second kappa shape index (κ2) is 7.96. The molecule has 1 aromatic rings. The minimum atomic E-state index is -0.755. The maximum atomic E-state index is 12.2. The van der Waals surface area contributed by atoms with E-state index in [9.17, 15) is 14.4 Å². The Kier molecular flexibility index (Phi) is 5.65. The van der Waals surface area contributed by atoms with Gasteiger partial charge in [-0.05, 0) is 44.2 Å². The van der Waals surface area contributed by atoms with Gasteiger partial charge in [0.1, 0.15) is 17.9 Å². The second-order valence-corrected chi connectivity index (χ2v) is 7.20. The molecule has 1 unspecified atom stereocenters. The van der Waals surface area contributed by atoms with Crippen LogP contribution in [0.3, 0.4) is 0 Å². The van der Waals surface area contributed by atoms with Crippen molar-refractivity contribution in [2.75, 3.05) is 39.5 Å². The zero-order chi connectivity index (χ0) is 19.6. The average molecular weight is 374 g/mol. The minimum absolute atomic E-state index is 0.0702. The number of rotatable bonds is 5. The summed E-state index contributed by atoms with van der Waals surface area (Å²) in [5.74, 6) is 0.104. The van der Waals surface area contributed by atoms with E-state index in [0.29, 0.717) is 5.69 Å². The molecule has 2 heterocycles. The van der Waals surface area contributed by atoms with Crippen molar-refractivity contribution < 1.29 is 19.1 Å². The molecule has 0 radical (unpaired) electrons. The number of benzene rings is 1. The lowest BCUT2D eigenvalue weighted by Gasteiger charge is -2.29. The third kappa shape index (κ3) is 4.39. The number of likely N-dealkylation sites (N-methyl/N-ethyl adjacent to an activating group) is 2. The molecule has 0 bridgehead atoms. The molecule has 1 N–H and O–H groups in total. The quantitative estimate of drug-likeness (QED) is 0.788. The monoisotopic (exact) mass is 374 g/mol. The van der Waals surface area contributed by atoms with Crippen molar-refractivity contribution in [3.8, 4) is 5.75 Å². The normalized spacial score (nSPS) is 21.7. The molecule has 3 rings (SSSR count). The van der Waals surface area contributed by atoms with Crippen LogP contribution in [0, 0.1) is 0 Å². The first-order valence-electron chi connectivity index (χ1n) is 9.14. The number of anilines is 1. The highest BCUT2D eigenvalue weighted by atomic mass is 16.5. The Hall–Kier alpha value is -2.61. The molecule has 2 aliphatic heterocycles. The van der Waals surface area contributed by atoms with Gasteiger partial charge in [-0.15, -0.1) is 0 Å². The van der Waals surface area contributed by atoms with Gasteiger partial charge in [0.2, 0.25) is 5.91 Å². The van der Waals surface area contributed by atoms with Gasteiger partial charge in [0.25, 0.3) is 5.91 Å². The number of hydrogen-bond donors (Lipinski definition) is 1. The molecule has 0 aliphatic carbocycles. The molecular weight excluding hydrogens is 348 g/mol. The number of amides is 4. The van der Waals surface area contributed by atoms with Crippen LogP contribution in [0.2, 0.25) is 0 Å². The van der Waals surface area contributed by atoms with E-state index in [-0.39, 0.29) is 24.3 Å². The summed E-state index contributed by atoms with van der Waals surface area (Å²) in [5, 5.41) is 2.77. The number of nitrogens with one attached hydrogen (secondary N) is 1. The Morgan fingerprint density at radius 2 is 1.74 bits per heavy atom. The van der Waals surface area contributed by atoms with Crippen molar-refractivity contribution in [3.05, 3.63) is 24.3 Å². The van der Waals surface area contributed by atoms with Crippen LogP contribution in [-0.2, 0) is 9.59 Å². The largest absolute Gasteiger partial charge is 0.490 e. The molecule has 0 spiro atoms. The molecule has 2 saturated heterocycles. The van der Waals surface area contributed by atoms with Crippen LogP contribution in [0.15, 0.2) is 24.3 Å². The van der Waals surface area contributed by atoms with E-state index in [1.165, 1.54) is 19.0 Å². The zero-order valence-corrected chi connectivity index (χ0v) is 16.0. The predicted octanol–water partition coefficient (Wildman–Crippen LogP) is 1.38. The summed E-state index contributed by atoms with van der Waals surface area (Å²) < 4.78 is 5.99. The van der Waals surface area contributed by atoms with Crippen LogP contribution in [0.4, 0.5) is 10.5 Å². The molecule has 27 heavy (non-hydrogen) atoms. The molecule has 8 heteroatoms. The summed E-state index contributed by atoms with van der Waals surface area (Å²) in [6.45, 7) is 2.07. The molecule has 2 fully saturated rings. The predicted molar refractivity (Wildman–Crippen MR) is 101 cm³/mol. The lowest BCUT2D eigenvalue weighted by atomic mass is 10.1. The summed E-state index contributed by atoms with van der Waals surface area (Å²) in [7, 11) is 5.05. The maximum Gasteiger partial charge on any atom is 0.326 e. The Balaban J connectivity index is 1.51. The van der Waals surface area contributed by atoms with E-state index in [1.54, 1.807) is 12.1 Å². The highest BCUT2D eigenvalue weighted by Gasteiger charge is 2.41. The molecule has 8 nitrogen and oxygen atoms in total. The second-order valence-electron chi connectivity index (χ2n) is 7.20. The highest BCUT2D eigenvalue weighted by molar-refractivity contribution is 6.06. The zero-order valence-electron chi connectivity index (χ0n) is 16.0. The number of carbonyl (C=O) groups is 3. The Morgan fingerprint density at radius 3 is 2.30 bits per heavy atom. The SMILES string of the molecule is CN1CCC(Oc2ccc(NC(=O)CC3C(=O)N(C)C(=O)N3C)cc2)CC1. The van der Waals surface area contributed by atoms with Crippen LogP contribution >= 0.6 is 0 Å². The first-order chi connectivity index (χ1) is 12.8. The molecule has 1 aromatic carbocycles. The number of hydrogen-bond acceptors (Lipinski definition) is 5. The van der Waals surface area contributed by atoms with Crippen LogP contribution in [-0.4, -0.2) is 78.9 Å². The summed E-state index contributed by atoms with van der Waals surface area (Å²) >= 11 is 0. The average Bonchev–Trinajstić information content (AvgIpc) is 2.83. The van der Waals surface area contributed by atoms with E-state index in [0.717, 1.165) is 36.6 Å². The van der Waals surface area contributed by atoms with Gasteiger partial charge in [0.05, 0.1) is 6.42 Å². The standard InChI is InChI=1S/C19H26N4O4/c1-21-10-8-15(9-11-21)27-14-6-4-13(5-7-14)20-17(24)12-16-18(25)23(3)19(26)22(16)2/h4-7,15-16H,8-12H2,1-3H3,(H,20,24). The van der Waals surface area contributed by atoms with Crippen molar-refractivity contribution in [2.45, 2.75) is 31.4 Å². The number of likely N-dealkylation sites (tertiary alicyclic amines) is 1. The minimum Gasteiger partial charge on any atom is -0.490 e. The van der Waals surface area contributed by atoms with Gasteiger partial charge in [0.15, 0.2) is 0 Å². The molecular formula is C19H26N4O4. The van der Waals surface area contributed by atoms with Crippen molar-refractivity contribution in [1.29, 1.82) is 0 Å². The van der Waals surface area contributed by atoms with E-state index in [4.69, 9.17) is 4.74 Å². The van der Waals surface area contributed by atoms with Gasteiger partial charge < -0.3 is 19.9 Å². The molecule has 0 aromatic heterocycles. The lowest BCUT2D eigenvalue weighted by molar-refractivity contribution is -0.129. The summed E-state index contributed by atoms with van der Waals surface area (Å²) in [5.41, 5.74) is 0.628. The van der Waals surface area contributed by atoms with E-state index in [1.807, 2.05) is 12.1 Å². The number of piperidine rings is 1. The number of ether oxygens (including phenoxy) is 1. The maximum absolute atomic E-state index is 12.2. The van der Waals surface area contributed by atoms with Gasteiger partial charge in [-0.1, -0.05) is 0 Å². The smallest absolute Gasteiger partial charge is 0.326 e. The fraction of sp³-hybridized carbons (Fsp3) is 0.526. The van der Waals surface area contributed by atoms with Crippen molar-refractivity contribution >= 4 is 23.5 Å². The van der Waals surface area contributed by atoms with Crippen LogP contribution in [0.5, 0.6) is 5.75 Å². The Bertz CT molecular complexity index is 713. The topological polar surface area (TPSA) is 82.2 Å². The van der Waals surface area contributed by atoms with Crippen molar-refractivity contribution in [2.24, 2.45) is 0 Å². The van der Waals surface area contributed by atoms with E-state index in [2.05, 4.69) is 17.3 Å². The molecule has 146 valence electrons. The number of carbonyl (C=O) groups excluding carboxylic acids is 3. The first kappa shape index (κ1) is 19.2. The third-order valence-corrected chi connectivity index (χ3v) is 5.16.